The zero-order valence-corrected chi connectivity index (χ0v) is 10.7. The molecule has 2 unspecified atom stereocenters. The molecule has 4 aliphatic rings. The van der Waals surface area contributed by atoms with Gasteiger partial charge in [-0.1, -0.05) is 29.9 Å². The molecule has 1 spiro atoms. The number of rotatable bonds is 0. The van der Waals surface area contributed by atoms with Gasteiger partial charge in [0.2, 0.25) is 0 Å². The van der Waals surface area contributed by atoms with E-state index in [0.717, 1.165) is 37.9 Å². The number of fused-ring (bicyclic) bond motifs is 3. The van der Waals surface area contributed by atoms with Crippen molar-refractivity contribution in [2.45, 2.75) is 37.9 Å². The SMILES string of the molecule is C1=CC2=CC=C3CC4(CCC3C2CC1)OCCO4. The van der Waals surface area contributed by atoms with Crippen molar-refractivity contribution in [1.82, 2.24) is 0 Å². The normalized spacial score (nSPS) is 36.9. The summed E-state index contributed by atoms with van der Waals surface area (Å²) in [6, 6.07) is 0. The van der Waals surface area contributed by atoms with E-state index in [-0.39, 0.29) is 5.79 Å². The van der Waals surface area contributed by atoms with E-state index in [1.807, 2.05) is 0 Å². The molecular formula is C16H20O2. The molecule has 96 valence electrons. The van der Waals surface area contributed by atoms with E-state index in [2.05, 4.69) is 24.3 Å². The summed E-state index contributed by atoms with van der Waals surface area (Å²) in [6.07, 6.45) is 15.1. The van der Waals surface area contributed by atoms with E-state index < -0.39 is 0 Å². The van der Waals surface area contributed by atoms with Crippen molar-refractivity contribution in [3.8, 4) is 0 Å². The first-order chi connectivity index (χ1) is 8.86. The predicted molar refractivity (Wildman–Crippen MR) is 70.0 cm³/mol. The minimum absolute atomic E-state index is 0.266. The molecule has 0 bridgehead atoms. The highest BCUT2D eigenvalue weighted by molar-refractivity contribution is 5.38. The summed E-state index contributed by atoms with van der Waals surface area (Å²) in [5.74, 6) is 1.24. The fourth-order valence-electron chi connectivity index (χ4n) is 4.08. The molecule has 0 N–H and O–H groups in total. The molecule has 0 aromatic carbocycles. The van der Waals surface area contributed by atoms with Crippen LogP contribution in [0.1, 0.15) is 32.1 Å². The van der Waals surface area contributed by atoms with E-state index in [4.69, 9.17) is 9.47 Å². The van der Waals surface area contributed by atoms with Crippen molar-refractivity contribution in [3.63, 3.8) is 0 Å². The van der Waals surface area contributed by atoms with Crippen LogP contribution in [0.3, 0.4) is 0 Å². The van der Waals surface area contributed by atoms with Gasteiger partial charge in [0.15, 0.2) is 5.79 Å². The van der Waals surface area contributed by atoms with Crippen LogP contribution in [0.2, 0.25) is 0 Å². The lowest BCUT2D eigenvalue weighted by molar-refractivity contribution is -0.172. The van der Waals surface area contributed by atoms with Gasteiger partial charge in [-0.3, -0.25) is 0 Å². The second kappa shape index (κ2) is 4.07. The van der Waals surface area contributed by atoms with Crippen LogP contribution in [0.5, 0.6) is 0 Å². The smallest absolute Gasteiger partial charge is 0.172 e. The third kappa shape index (κ3) is 1.63. The topological polar surface area (TPSA) is 18.5 Å². The third-order valence-corrected chi connectivity index (χ3v) is 4.96. The van der Waals surface area contributed by atoms with Gasteiger partial charge in [0.1, 0.15) is 0 Å². The second-order valence-corrected chi connectivity index (χ2v) is 5.92. The average Bonchev–Trinajstić information content (AvgIpc) is 2.86. The molecule has 0 aromatic rings. The maximum Gasteiger partial charge on any atom is 0.172 e. The Morgan fingerprint density at radius 1 is 1.06 bits per heavy atom. The predicted octanol–water partition coefficient (Wildman–Crippen LogP) is 3.36. The van der Waals surface area contributed by atoms with Crippen LogP contribution in [-0.2, 0) is 9.47 Å². The van der Waals surface area contributed by atoms with E-state index in [9.17, 15) is 0 Å². The Morgan fingerprint density at radius 2 is 1.94 bits per heavy atom. The molecule has 18 heavy (non-hydrogen) atoms. The number of hydrogen-bond donors (Lipinski definition) is 0. The molecule has 4 rings (SSSR count). The van der Waals surface area contributed by atoms with Crippen LogP contribution in [0.15, 0.2) is 35.5 Å². The quantitative estimate of drug-likeness (QED) is 0.650. The molecule has 3 aliphatic carbocycles. The van der Waals surface area contributed by atoms with Gasteiger partial charge in [-0.25, -0.2) is 0 Å². The molecule has 1 saturated heterocycles. The molecule has 1 heterocycles. The number of allylic oxidation sites excluding steroid dienone is 5. The standard InChI is InChI=1S/C16H20O2/c1-2-4-14-12(3-1)5-6-13-11-16(8-7-15(13)14)17-9-10-18-16/h1,3,5-6,14-15H,2,4,7-11H2. The first-order valence-corrected chi connectivity index (χ1v) is 7.21. The summed E-state index contributed by atoms with van der Waals surface area (Å²) in [7, 11) is 0. The fraction of sp³-hybridized carbons (Fsp3) is 0.625. The molecule has 0 amide bonds. The van der Waals surface area contributed by atoms with Gasteiger partial charge in [0.05, 0.1) is 13.2 Å². The van der Waals surface area contributed by atoms with Gasteiger partial charge in [-0.2, -0.15) is 0 Å². The van der Waals surface area contributed by atoms with E-state index in [1.54, 1.807) is 11.1 Å². The van der Waals surface area contributed by atoms with Crippen molar-refractivity contribution in [3.05, 3.63) is 35.5 Å². The first-order valence-electron chi connectivity index (χ1n) is 7.21. The van der Waals surface area contributed by atoms with Crippen LogP contribution in [0, 0.1) is 11.8 Å². The first kappa shape index (κ1) is 11.0. The fourth-order valence-corrected chi connectivity index (χ4v) is 4.08. The van der Waals surface area contributed by atoms with Crippen LogP contribution in [0.25, 0.3) is 0 Å². The Kier molecular flexibility index (Phi) is 2.49. The number of ether oxygens (including phenoxy) is 2. The second-order valence-electron chi connectivity index (χ2n) is 5.92. The summed E-state index contributed by atoms with van der Waals surface area (Å²) >= 11 is 0. The Hall–Kier alpha value is -0.860. The Labute approximate surface area is 108 Å². The maximum absolute atomic E-state index is 5.87. The Morgan fingerprint density at radius 3 is 2.83 bits per heavy atom. The Balaban J connectivity index is 1.63. The molecule has 1 aliphatic heterocycles. The number of hydrogen-bond acceptors (Lipinski definition) is 2. The summed E-state index contributed by atoms with van der Waals surface area (Å²) in [6.45, 7) is 1.54. The van der Waals surface area contributed by atoms with E-state index >= 15 is 0 Å². The largest absolute Gasteiger partial charge is 0.347 e. The van der Waals surface area contributed by atoms with Gasteiger partial charge in [0.25, 0.3) is 0 Å². The Bertz CT molecular complexity index is 438. The zero-order valence-electron chi connectivity index (χ0n) is 10.7. The van der Waals surface area contributed by atoms with Crippen LogP contribution < -0.4 is 0 Å². The minimum Gasteiger partial charge on any atom is -0.347 e. The lowest BCUT2D eigenvalue weighted by Gasteiger charge is -2.43. The molecule has 2 atom stereocenters. The monoisotopic (exact) mass is 244 g/mol. The summed E-state index contributed by atoms with van der Waals surface area (Å²) in [5.41, 5.74) is 3.10. The van der Waals surface area contributed by atoms with Gasteiger partial charge >= 0.3 is 0 Å². The van der Waals surface area contributed by atoms with Gasteiger partial charge in [0, 0.05) is 12.8 Å². The zero-order chi connectivity index (χ0) is 12.0. The van der Waals surface area contributed by atoms with Crippen LogP contribution in [0.4, 0.5) is 0 Å². The van der Waals surface area contributed by atoms with Gasteiger partial charge in [-0.05, 0) is 36.7 Å². The lowest BCUT2D eigenvalue weighted by Crippen LogP contribution is -2.39. The molecule has 1 saturated carbocycles. The van der Waals surface area contributed by atoms with Crippen LogP contribution in [-0.4, -0.2) is 19.0 Å². The molecule has 2 heteroatoms. The molecular weight excluding hydrogens is 224 g/mol. The third-order valence-electron chi connectivity index (χ3n) is 4.96. The van der Waals surface area contributed by atoms with E-state index in [0.29, 0.717) is 0 Å². The molecule has 2 fully saturated rings. The van der Waals surface area contributed by atoms with Crippen molar-refractivity contribution >= 4 is 0 Å². The summed E-state index contributed by atoms with van der Waals surface area (Å²) < 4.78 is 11.7. The summed E-state index contributed by atoms with van der Waals surface area (Å²) in [5, 5.41) is 0. The molecule has 2 nitrogen and oxygen atoms in total. The summed E-state index contributed by atoms with van der Waals surface area (Å²) in [4.78, 5) is 0. The average molecular weight is 244 g/mol. The van der Waals surface area contributed by atoms with Crippen molar-refractivity contribution in [2.75, 3.05) is 13.2 Å². The highest BCUT2D eigenvalue weighted by Crippen LogP contribution is 2.49. The van der Waals surface area contributed by atoms with Gasteiger partial charge < -0.3 is 9.47 Å². The maximum atomic E-state index is 5.87. The molecule has 0 radical (unpaired) electrons. The van der Waals surface area contributed by atoms with Crippen molar-refractivity contribution < 1.29 is 9.47 Å². The minimum atomic E-state index is -0.266. The van der Waals surface area contributed by atoms with Gasteiger partial charge in [-0.15, -0.1) is 0 Å². The van der Waals surface area contributed by atoms with Crippen molar-refractivity contribution in [2.24, 2.45) is 11.8 Å². The van der Waals surface area contributed by atoms with Crippen molar-refractivity contribution in [1.29, 1.82) is 0 Å². The molecule has 0 aromatic heterocycles. The highest BCUT2D eigenvalue weighted by Gasteiger charge is 2.45. The van der Waals surface area contributed by atoms with Crippen LogP contribution >= 0.6 is 0 Å². The highest BCUT2D eigenvalue weighted by atomic mass is 16.7. The van der Waals surface area contributed by atoms with E-state index in [1.165, 1.54) is 19.3 Å². The lowest BCUT2D eigenvalue weighted by atomic mass is 9.66.